The van der Waals surface area contributed by atoms with Gasteiger partial charge in [0.05, 0.1) is 5.75 Å². The number of hydrogen-bond acceptors (Lipinski definition) is 4. The summed E-state index contributed by atoms with van der Waals surface area (Å²) in [6.45, 7) is -1.49. The van der Waals surface area contributed by atoms with Crippen LogP contribution in [0.5, 0.6) is 0 Å². The largest absolute Gasteiger partial charge is 0.481 e. The molecule has 0 aliphatic heterocycles. The molecule has 0 atom stereocenters. The van der Waals surface area contributed by atoms with E-state index in [-0.39, 0.29) is 5.75 Å². The third-order valence-electron chi connectivity index (χ3n) is 2.51. The fraction of sp³-hybridized carbons (Fsp3) is 0.357. The summed E-state index contributed by atoms with van der Waals surface area (Å²) in [5.41, 5.74) is 1.14. The molecule has 2 amide bonds. The monoisotopic (exact) mass is 364 g/mol. The fourth-order valence-corrected chi connectivity index (χ4v) is 2.30. The molecule has 0 unspecified atom stereocenters. The summed E-state index contributed by atoms with van der Waals surface area (Å²) in [6, 6.07) is 6.52. The van der Waals surface area contributed by atoms with Crippen LogP contribution in [-0.2, 0) is 20.1 Å². The summed E-state index contributed by atoms with van der Waals surface area (Å²) >= 11 is 1.18. The van der Waals surface area contributed by atoms with Gasteiger partial charge in [-0.15, -0.1) is 11.8 Å². The molecule has 0 saturated heterocycles. The molecule has 0 saturated carbocycles. The van der Waals surface area contributed by atoms with Crippen LogP contribution >= 0.6 is 11.8 Å². The maximum atomic E-state index is 11.9. The van der Waals surface area contributed by atoms with Crippen LogP contribution in [0.3, 0.4) is 0 Å². The van der Waals surface area contributed by atoms with E-state index in [1.165, 1.54) is 11.8 Å². The molecular formula is C14H15F3N2O4S. The Morgan fingerprint density at radius 3 is 2.50 bits per heavy atom. The van der Waals surface area contributed by atoms with Crippen molar-refractivity contribution in [3.8, 4) is 0 Å². The number of halogens is 3. The van der Waals surface area contributed by atoms with E-state index < -0.39 is 36.9 Å². The molecule has 0 aliphatic carbocycles. The van der Waals surface area contributed by atoms with Crippen LogP contribution in [0.2, 0.25) is 0 Å². The van der Waals surface area contributed by atoms with Gasteiger partial charge >= 0.3 is 12.1 Å². The zero-order valence-electron chi connectivity index (χ0n) is 12.4. The van der Waals surface area contributed by atoms with E-state index in [9.17, 15) is 27.6 Å². The first-order chi connectivity index (χ1) is 11.2. The van der Waals surface area contributed by atoms with E-state index in [4.69, 9.17) is 5.11 Å². The molecule has 0 fully saturated rings. The van der Waals surface area contributed by atoms with Crippen LogP contribution in [-0.4, -0.2) is 41.4 Å². The van der Waals surface area contributed by atoms with Gasteiger partial charge in [-0.2, -0.15) is 13.2 Å². The minimum atomic E-state index is -4.53. The first kappa shape index (κ1) is 19.8. The van der Waals surface area contributed by atoms with Crippen molar-refractivity contribution in [3.63, 3.8) is 0 Å². The zero-order chi connectivity index (χ0) is 18.2. The third kappa shape index (κ3) is 9.03. The maximum absolute atomic E-state index is 11.9. The summed E-state index contributed by atoms with van der Waals surface area (Å²) in [6.07, 6.45) is -5.26. The zero-order valence-corrected chi connectivity index (χ0v) is 13.2. The first-order valence-electron chi connectivity index (χ1n) is 6.67. The molecule has 0 spiro atoms. The Morgan fingerprint density at radius 1 is 1.17 bits per heavy atom. The Bertz CT molecular complexity index is 608. The minimum Gasteiger partial charge on any atom is -0.481 e. The molecule has 132 valence electrons. The molecular weight excluding hydrogens is 349 g/mol. The fourth-order valence-electron chi connectivity index (χ4n) is 1.61. The van der Waals surface area contributed by atoms with Gasteiger partial charge in [0.2, 0.25) is 11.8 Å². The van der Waals surface area contributed by atoms with Gasteiger partial charge in [-0.1, -0.05) is 12.1 Å². The van der Waals surface area contributed by atoms with Gasteiger partial charge in [-0.05, 0) is 17.7 Å². The Kier molecular flexibility index (Phi) is 7.56. The Labute approximate surface area is 139 Å². The second-order valence-corrected chi connectivity index (χ2v) is 5.69. The summed E-state index contributed by atoms with van der Waals surface area (Å²) in [5.74, 6) is -2.35. The van der Waals surface area contributed by atoms with Crippen LogP contribution in [0.4, 0.5) is 18.9 Å². The lowest BCUT2D eigenvalue weighted by Crippen LogP contribution is -2.35. The highest BCUT2D eigenvalue weighted by Gasteiger charge is 2.27. The Morgan fingerprint density at radius 2 is 1.88 bits per heavy atom. The van der Waals surface area contributed by atoms with Crippen molar-refractivity contribution in [3.05, 3.63) is 29.8 Å². The lowest BCUT2D eigenvalue weighted by molar-refractivity contribution is -0.140. The first-order valence-corrected chi connectivity index (χ1v) is 7.83. The summed E-state index contributed by atoms with van der Waals surface area (Å²) in [4.78, 5) is 33.3. The highest BCUT2D eigenvalue weighted by Crippen LogP contribution is 2.17. The number of amides is 2. The van der Waals surface area contributed by atoms with Crippen molar-refractivity contribution in [2.45, 2.75) is 18.3 Å². The third-order valence-corrected chi connectivity index (χ3v) is 3.50. The van der Waals surface area contributed by atoms with Crippen LogP contribution in [0.25, 0.3) is 0 Å². The van der Waals surface area contributed by atoms with Gasteiger partial charge in [0, 0.05) is 11.4 Å². The predicted molar refractivity (Wildman–Crippen MR) is 82.6 cm³/mol. The van der Waals surface area contributed by atoms with Crippen molar-refractivity contribution in [2.24, 2.45) is 0 Å². The number of benzene rings is 1. The summed E-state index contributed by atoms with van der Waals surface area (Å²) < 4.78 is 35.8. The summed E-state index contributed by atoms with van der Waals surface area (Å²) in [7, 11) is 0. The second kappa shape index (κ2) is 9.16. The lowest BCUT2D eigenvalue weighted by Gasteiger charge is -2.09. The number of alkyl halides is 3. The Hall–Kier alpha value is -2.23. The minimum absolute atomic E-state index is 0.0596. The van der Waals surface area contributed by atoms with E-state index in [1.807, 2.05) is 0 Å². The molecule has 6 nitrogen and oxygen atoms in total. The molecule has 1 aromatic carbocycles. The van der Waals surface area contributed by atoms with Crippen molar-refractivity contribution < 1.29 is 32.7 Å². The normalized spacial score (nSPS) is 11.0. The quantitative estimate of drug-likeness (QED) is 0.614. The van der Waals surface area contributed by atoms with Gasteiger partial charge in [-0.3, -0.25) is 14.4 Å². The Balaban J connectivity index is 2.46. The van der Waals surface area contributed by atoms with E-state index in [1.54, 1.807) is 29.6 Å². The number of aliphatic carboxylic acids is 1. The van der Waals surface area contributed by atoms with E-state index in [0.29, 0.717) is 11.4 Å². The van der Waals surface area contributed by atoms with Gasteiger partial charge in [-0.25, -0.2) is 0 Å². The predicted octanol–water partition coefficient (Wildman–Crippen LogP) is 2.01. The lowest BCUT2D eigenvalue weighted by atomic mass is 10.2. The summed E-state index contributed by atoms with van der Waals surface area (Å²) in [5, 5.41) is 12.6. The van der Waals surface area contributed by atoms with Crippen molar-refractivity contribution in [2.75, 3.05) is 17.6 Å². The average Bonchev–Trinajstić information content (AvgIpc) is 2.44. The number of nitrogens with one attached hydrogen (secondary N) is 2. The van der Waals surface area contributed by atoms with E-state index in [2.05, 4.69) is 5.32 Å². The number of carbonyl (C=O) groups is 3. The van der Waals surface area contributed by atoms with Gasteiger partial charge in [0.25, 0.3) is 0 Å². The van der Waals surface area contributed by atoms with E-state index >= 15 is 0 Å². The number of thioether (sulfide) groups is 1. The number of hydrogen-bond donors (Lipinski definition) is 3. The smallest absolute Gasteiger partial charge is 0.405 e. The van der Waals surface area contributed by atoms with Crippen molar-refractivity contribution >= 4 is 35.2 Å². The van der Waals surface area contributed by atoms with Crippen LogP contribution in [0.1, 0.15) is 12.0 Å². The van der Waals surface area contributed by atoms with Gasteiger partial charge in [0.15, 0.2) is 0 Å². The molecule has 0 aliphatic rings. The van der Waals surface area contributed by atoms with Crippen molar-refractivity contribution in [1.29, 1.82) is 0 Å². The van der Waals surface area contributed by atoms with Gasteiger partial charge < -0.3 is 15.7 Å². The number of anilines is 1. The highest BCUT2D eigenvalue weighted by atomic mass is 32.2. The molecule has 0 aromatic heterocycles. The SMILES string of the molecule is O=C(O)CSCc1cccc(NC(=O)CC(=O)NCC(F)(F)F)c1. The van der Waals surface area contributed by atoms with Crippen molar-refractivity contribution in [1.82, 2.24) is 5.32 Å². The number of rotatable bonds is 8. The van der Waals surface area contributed by atoms with E-state index in [0.717, 1.165) is 5.56 Å². The van der Waals surface area contributed by atoms with Crippen LogP contribution < -0.4 is 10.6 Å². The van der Waals surface area contributed by atoms with Gasteiger partial charge in [0.1, 0.15) is 13.0 Å². The topological polar surface area (TPSA) is 95.5 Å². The number of carbonyl (C=O) groups excluding carboxylic acids is 2. The van der Waals surface area contributed by atoms with Crippen LogP contribution in [0, 0.1) is 0 Å². The highest BCUT2D eigenvalue weighted by molar-refractivity contribution is 7.99. The van der Waals surface area contributed by atoms with Crippen LogP contribution in [0.15, 0.2) is 24.3 Å². The second-order valence-electron chi connectivity index (χ2n) is 4.70. The number of carboxylic acids is 1. The molecule has 0 radical (unpaired) electrons. The molecule has 10 heteroatoms. The molecule has 24 heavy (non-hydrogen) atoms. The maximum Gasteiger partial charge on any atom is 0.405 e. The average molecular weight is 364 g/mol. The number of carboxylic acid groups (broad SMARTS) is 1. The molecule has 0 heterocycles. The molecule has 0 bridgehead atoms. The molecule has 1 aromatic rings. The molecule has 1 rings (SSSR count). The molecule has 3 N–H and O–H groups in total. The standard InChI is InChI=1S/C14H15F3N2O4S/c15-14(16,17)8-18-11(20)5-12(21)19-10-3-1-2-9(4-10)6-24-7-13(22)23/h1-4H,5-8H2,(H,18,20)(H,19,21)(H,22,23).